The summed E-state index contributed by atoms with van der Waals surface area (Å²) < 4.78 is 15.6. The molecule has 2 aromatic carbocycles. The number of fused-ring (bicyclic) bond motifs is 1. The van der Waals surface area contributed by atoms with Crippen molar-refractivity contribution in [2.75, 3.05) is 6.61 Å². The molecule has 0 bridgehead atoms. The van der Waals surface area contributed by atoms with Crippen LogP contribution in [0.1, 0.15) is 18.9 Å². The van der Waals surface area contributed by atoms with Crippen molar-refractivity contribution in [2.45, 2.75) is 19.8 Å². The first-order valence-corrected chi connectivity index (χ1v) is 8.61. The second kappa shape index (κ2) is 8.34. The number of hydrogen-bond donors (Lipinski definition) is 0. The lowest BCUT2D eigenvalue weighted by Gasteiger charge is -2.08. The molecule has 0 spiro atoms. The van der Waals surface area contributed by atoms with Gasteiger partial charge < -0.3 is 13.9 Å². The van der Waals surface area contributed by atoms with Gasteiger partial charge in [-0.05, 0) is 30.2 Å². The first-order chi connectivity index (χ1) is 13.5. The molecule has 144 valence electrons. The van der Waals surface area contributed by atoms with Crippen molar-refractivity contribution in [3.8, 4) is 11.5 Å². The third kappa shape index (κ3) is 4.35. The van der Waals surface area contributed by atoms with E-state index in [0.29, 0.717) is 5.58 Å². The van der Waals surface area contributed by atoms with E-state index in [1.54, 1.807) is 18.2 Å². The van der Waals surface area contributed by atoms with Crippen LogP contribution in [-0.2, 0) is 11.2 Å². The first kappa shape index (κ1) is 19.1. The topological polar surface area (TPSA) is 109 Å². The molecule has 0 aliphatic heterocycles. The number of aryl methyl sites for hydroxylation is 1. The van der Waals surface area contributed by atoms with Gasteiger partial charge >= 0.3 is 17.3 Å². The molecular weight excluding hydrogens is 366 g/mol. The highest BCUT2D eigenvalue weighted by Crippen LogP contribution is 2.26. The molecule has 1 aromatic heterocycles. The molecular formula is C20H17NO7. The van der Waals surface area contributed by atoms with Gasteiger partial charge in [0.2, 0.25) is 0 Å². The molecule has 3 rings (SSSR count). The summed E-state index contributed by atoms with van der Waals surface area (Å²) in [4.78, 5) is 34.1. The van der Waals surface area contributed by atoms with Crippen molar-refractivity contribution in [1.82, 2.24) is 0 Å². The molecule has 0 atom stereocenters. The van der Waals surface area contributed by atoms with Gasteiger partial charge in [-0.25, -0.2) is 9.59 Å². The molecule has 0 fully saturated rings. The molecule has 8 nitrogen and oxygen atoms in total. The fourth-order valence-electron chi connectivity index (χ4n) is 2.78. The fraction of sp³-hybridized carbons (Fsp3) is 0.200. The maximum atomic E-state index is 12.0. The Kier molecular flexibility index (Phi) is 5.69. The van der Waals surface area contributed by atoms with Crippen LogP contribution in [-0.4, -0.2) is 17.5 Å². The van der Waals surface area contributed by atoms with Crippen molar-refractivity contribution < 1.29 is 23.6 Å². The summed E-state index contributed by atoms with van der Waals surface area (Å²) >= 11 is 0. The Hall–Kier alpha value is -3.68. The van der Waals surface area contributed by atoms with Gasteiger partial charge in [0.15, 0.2) is 12.4 Å². The van der Waals surface area contributed by atoms with E-state index < -0.39 is 23.1 Å². The van der Waals surface area contributed by atoms with E-state index in [1.807, 2.05) is 6.92 Å². The lowest BCUT2D eigenvalue weighted by Crippen LogP contribution is -2.18. The van der Waals surface area contributed by atoms with Crippen LogP contribution in [0.15, 0.2) is 57.7 Å². The standard InChI is InChI=1S/C20H17NO7/c1-2-5-13-10-19(22)28-18-11-14(8-9-15(13)18)27-20(23)12-26-17-7-4-3-6-16(17)21(24)25/h3-4,6-11H,2,5,12H2,1H3. The molecule has 0 N–H and O–H groups in total. The normalized spacial score (nSPS) is 10.6. The van der Waals surface area contributed by atoms with Crippen LogP contribution < -0.4 is 15.1 Å². The molecule has 0 unspecified atom stereocenters. The monoisotopic (exact) mass is 383 g/mol. The number of carbonyl (C=O) groups is 1. The summed E-state index contributed by atoms with van der Waals surface area (Å²) in [5.74, 6) is -0.594. The summed E-state index contributed by atoms with van der Waals surface area (Å²) in [5.41, 5.74) is 0.470. The lowest BCUT2D eigenvalue weighted by atomic mass is 10.1. The van der Waals surface area contributed by atoms with Gasteiger partial charge in [0.25, 0.3) is 0 Å². The summed E-state index contributed by atoms with van der Waals surface area (Å²) in [6.45, 7) is 1.50. The quantitative estimate of drug-likeness (QED) is 0.201. The Morgan fingerprint density at radius 1 is 1.18 bits per heavy atom. The van der Waals surface area contributed by atoms with E-state index in [-0.39, 0.29) is 17.2 Å². The van der Waals surface area contributed by atoms with E-state index >= 15 is 0 Å². The average molecular weight is 383 g/mol. The van der Waals surface area contributed by atoms with Gasteiger partial charge in [-0.3, -0.25) is 10.1 Å². The minimum atomic E-state index is -0.746. The number of carbonyl (C=O) groups excluding carboxylic acids is 1. The van der Waals surface area contributed by atoms with Crippen molar-refractivity contribution in [2.24, 2.45) is 0 Å². The molecule has 0 saturated heterocycles. The summed E-state index contributed by atoms with van der Waals surface area (Å²) in [5, 5.41) is 11.7. The van der Waals surface area contributed by atoms with Crippen LogP contribution in [0.5, 0.6) is 11.5 Å². The Morgan fingerprint density at radius 2 is 1.96 bits per heavy atom. The third-order valence-electron chi connectivity index (χ3n) is 3.96. The number of nitro groups is 1. The second-order valence-electron chi connectivity index (χ2n) is 5.99. The van der Waals surface area contributed by atoms with Crippen molar-refractivity contribution in [3.05, 3.63) is 74.6 Å². The molecule has 28 heavy (non-hydrogen) atoms. The zero-order chi connectivity index (χ0) is 20.1. The molecule has 8 heteroatoms. The minimum absolute atomic E-state index is 0.0295. The number of para-hydroxylation sites is 2. The molecule has 0 aliphatic rings. The zero-order valence-corrected chi connectivity index (χ0v) is 15.0. The van der Waals surface area contributed by atoms with E-state index in [2.05, 4.69) is 0 Å². The van der Waals surface area contributed by atoms with Gasteiger partial charge in [-0.2, -0.15) is 0 Å². The molecule has 1 heterocycles. The Bertz CT molecular complexity index is 1090. The highest BCUT2D eigenvalue weighted by molar-refractivity contribution is 5.83. The highest BCUT2D eigenvalue weighted by atomic mass is 16.6. The van der Waals surface area contributed by atoms with E-state index in [0.717, 1.165) is 23.8 Å². The van der Waals surface area contributed by atoms with Crippen molar-refractivity contribution in [3.63, 3.8) is 0 Å². The largest absolute Gasteiger partial charge is 0.475 e. The smallest absolute Gasteiger partial charge is 0.349 e. The van der Waals surface area contributed by atoms with Crippen LogP contribution in [0.3, 0.4) is 0 Å². The van der Waals surface area contributed by atoms with Crippen LogP contribution >= 0.6 is 0 Å². The number of hydrogen-bond acceptors (Lipinski definition) is 7. The Labute approximate surface area is 159 Å². The predicted octanol–water partition coefficient (Wildman–Crippen LogP) is 3.64. The van der Waals surface area contributed by atoms with Crippen LogP contribution in [0.4, 0.5) is 5.69 Å². The molecule has 0 radical (unpaired) electrons. The number of ether oxygens (including phenoxy) is 2. The van der Waals surface area contributed by atoms with E-state index in [9.17, 15) is 19.7 Å². The number of nitrogens with zero attached hydrogens (tertiary/aromatic N) is 1. The van der Waals surface area contributed by atoms with Gasteiger partial charge in [-0.15, -0.1) is 0 Å². The van der Waals surface area contributed by atoms with E-state index in [1.165, 1.54) is 30.3 Å². The first-order valence-electron chi connectivity index (χ1n) is 8.61. The maximum absolute atomic E-state index is 12.0. The molecule has 0 saturated carbocycles. The number of benzene rings is 2. The average Bonchev–Trinajstić information content (AvgIpc) is 2.66. The third-order valence-corrected chi connectivity index (χ3v) is 3.96. The van der Waals surface area contributed by atoms with Crippen molar-refractivity contribution in [1.29, 1.82) is 0 Å². The summed E-state index contributed by atoms with van der Waals surface area (Å²) in [6, 6.07) is 12.0. The van der Waals surface area contributed by atoms with Gasteiger partial charge in [0.1, 0.15) is 11.3 Å². The van der Waals surface area contributed by atoms with E-state index in [4.69, 9.17) is 13.9 Å². The van der Waals surface area contributed by atoms with Gasteiger partial charge in [-0.1, -0.05) is 25.5 Å². The molecule has 0 aliphatic carbocycles. The predicted molar refractivity (Wildman–Crippen MR) is 101 cm³/mol. The maximum Gasteiger partial charge on any atom is 0.349 e. The second-order valence-corrected chi connectivity index (χ2v) is 5.99. The SMILES string of the molecule is CCCc1cc(=O)oc2cc(OC(=O)COc3ccccc3[N+](=O)[O-])ccc12. The Balaban J connectivity index is 1.73. The van der Waals surface area contributed by atoms with Crippen molar-refractivity contribution >= 4 is 22.6 Å². The minimum Gasteiger partial charge on any atom is -0.475 e. The van der Waals surface area contributed by atoms with Gasteiger partial charge in [0.05, 0.1) is 4.92 Å². The fourth-order valence-corrected chi connectivity index (χ4v) is 2.78. The van der Waals surface area contributed by atoms with Gasteiger partial charge in [0, 0.05) is 23.6 Å². The van der Waals surface area contributed by atoms with Crippen LogP contribution in [0.25, 0.3) is 11.0 Å². The highest BCUT2D eigenvalue weighted by Gasteiger charge is 2.16. The molecule has 3 aromatic rings. The lowest BCUT2D eigenvalue weighted by molar-refractivity contribution is -0.385. The zero-order valence-electron chi connectivity index (χ0n) is 15.0. The van der Waals surface area contributed by atoms with Crippen LogP contribution in [0, 0.1) is 10.1 Å². The summed E-state index contributed by atoms with van der Waals surface area (Å²) in [7, 11) is 0. The number of nitro benzene ring substituents is 1. The number of esters is 1. The summed E-state index contributed by atoms with van der Waals surface area (Å²) in [6.07, 6.45) is 1.60. The van der Waals surface area contributed by atoms with Crippen LogP contribution in [0.2, 0.25) is 0 Å². The molecule has 0 amide bonds. The Morgan fingerprint density at radius 3 is 2.71 bits per heavy atom. The number of rotatable bonds is 7.